The van der Waals surface area contributed by atoms with Gasteiger partial charge in [0.25, 0.3) is 0 Å². The summed E-state index contributed by atoms with van der Waals surface area (Å²) in [5.41, 5.74) is 4.54. The van der Waals surface area contributed by atoms with Gasteiger partial charge in [-0.15, -0.1) is 0 Å². The predicted octanol–water partition coefficient (Wildman–Crippen LogP) is 6.64. The number of aromatic nitrogens is 4. The average Bonchev–Trinajstić information content (AvgIpc) is 3.90. The van der Waals surface area contributed by atoms with Crippen molar-refractivity contribution in [2.24, 2.45) is 0 Å². The Morgan fingerprint density at radius 1 is 0.667 bits per heavy atom. The third kappa shape index (κ3) is 12.6. The molecule has 2 aliphatic heterocycles. The number of nitrogens with zero attached hydrogens (tertiary/aromatic N) is 8. The highest BCUT2D eigenvalue weighted by atomic mass is 35.5. The maximum atomic E-state index is 12.7. The van der Waals surface area contributed by atoms with Crippen molar-refractivity contribution in [1.29, 1.82) is 0 Å². The summed E-state index contributed by atoms with van der Waals surface area (Å²) in [5, 5.41) is 2.44. The van der Waals surface area contributed by atoms with Gasteiger partial charge in [-0.2, -0.15) is 17.4 Å². The number of anilines is 2. The van der Waals surface area contributed by atoms with Crippen molar-refractivity contribution in [1.82, 2.24) is 27.3 Å². The van der Waals surface area contributed by atoms with E-state index in [0.717, 1.165) is 39.5 Å². The van der Waals surface area contributed by atoms with E-state index in [1.807, 2.05) is 67.6 Å². The van der Waals surface area contributed by atoms with Gasteiger partial charge in [-0.05, 0) is 42.2 Å². The summed E-state index contributed by atoms with van der Waals surface area (Å²) in [4.78, 5) is 13.5. The molecule has 2 fully saturated rings. The van der Waals surface area contributed by atoms with Gasteiger partial charge < -0.3 is 9.80 Å². The van der Waals surface area contributed by atoms with Gasteiger partial charge in [0.05, 0.1) is 11.5 Å². The third-order valence-corrected chi connectivity index (χ3v) is 15.3. The van der Waals surface area contributed by atoms with Crippen LogP contribution in [-0.4, -0.2) is 108 Å². The van der Waals surface area contributed by atoms with Crippen LogP contribution in [0.4, 0.5) is 10.3 Å². The van der Waals surface area contributed by atoms with Crippen LogP contribution in [0.25, 0.3) is 6.08 Å². The Bertz CT molecular complexity index is 2250. The Morgan fingerprint density at radius 3 is 1.67 bits per heavy atom. The summed E-state index contributed by atoms with van der Waals surface area (Å²) in [5.74, 6) is 1.85. The number of hydrogen-bond acceptors (Lipinski definition) is 12. The molecule has 5 aromatic rings. The molecule has 0 aliphatic carbocycles. The number of piperazine rings is 2. The van der Waals surface area contributed by atoms with Gasteiger partial charge in [0.15, 0.2) is 0 Å². The molecule has 2 aromatic heterocycles. The molecule has 304 valence electrons. The Kier molecular flexibility index (Phi) is 15.2. The molecule has 0 radical (unpaired) electrons. The van der Waals surface area contributed by atoms with E-state index >= 15 is 0 Å². The number of aryl methyl sites for hydroxylation is 1. The minimum absolute atomic E-state index is 0.0153. The zero-order valence-electron chi connectivity index (χ0n) is 32.3. The first kappa shape index (κ1) is 42.8. The third-order valence-electron chi connectivity index (χ3n) is 9.65. The predicted molar refractivity (Wildman–Crippen MR) is 234 cm³/mol. The number of halogens is 1. The van der Waals surface area contributed by atoms with E-state index in [1.165, 1.54) is 34.2 Å². The van der Waals surface area contributed by atoms with Crippen molar-refractivity contribution in [3.63, 3.8) is 0 Å². The lowest BCUT2D eigenvalue weighted by Crippen LogP contribution is -2.49. The number of benzene rings is 3. The molecule has 2 saturated heterocycles. The van der Waals surface area contributed by atoms with E-state index in [-0.39, 0.29) is 11.5 Å². The maximum Gasteiger partial charge on any atom is 0.217 e. The minimum Gasteiger partial charge on any atom is -0.344 e. The fourth-order valence-corrected chi connectivity index (χ4v) is 10.8. The Balaban J connectivity index is 0.000000196. The van der Waals surface area contributed by atoms with E-state index in [1.54, 1.807) is 14.7 Å². The van der Waals surface area contributed by atoms with Crippen LogP contribution in [0.1, 0.15) is 53.7 Å². The van der Waals surface area contributed by atoms with Crippen molar-refractivity contribution >= 4 is 71.1 Å². The van der Waals surface area contributed by atoms with Crippen LogP contribution in [0.2, 0.25) is 5.02 Å². The standard InChI is InChI=1S/C23H26N4O2S2.C17H23ClN4O2S2/c1-19-9-11-21(12-10-19)18-22-24-23(30-25-22)26-13-15-27(16-14-26)31(28,29)17-5-8-20-6-3-2-4-7-20;1-2-3-12-26(23,24)22-10-8-21(9-11-22)17-19-16(20-25-17)13-14-4-6-15(18)7-5-14/h2-12H,13-18H2,1H3;4-7H,2-3,8-13H2,1H3. The normalized spacial score (nSPS) is 15.8. The zero-order chi connectivity index (χ0) is 40.3. The highest BCUT2D eigenvalue weighted by Crippen LogP contribution is 2.24. The second kappa shape index (κ2) is 20.3. The van der Waals surface area contributed by atoms with E-state index in [0.29, 0.717) is 76.6 Å². The van der Waals surface area contributed by atoms with E-state index in [4.69, 9.17) is 11.6 Å². The summed E-state index contributed by atoms with van der Waals surface area (Å²) in [6, 6.07) is 25.8. The number of sulfonamides is 2. The lowest BCUT2D eigenvalue weighted by atomic mass is 10.1. The monoisotopic (exact) mass is 868 g/mol. The van der Waals surface area contributed by atoms with Gasteiger partial charge in [-0.3, -0.25) is 0 Å². The molecule has 2 aliphatic rings. The van der Waals surface area contributed by atoms with Gasteiger partial charge in [0, 0.05) is 93.3 Å². The molecule has 7 rings (SSSR count). The zero-order valence-corrected chi connectivity index (χ0v) is 36.3. The first-order valence-corrected chi connectivity index (χ1v) is 24.2. The SMILES string of the molecule is CCCCS(=O)(=O)N1CCN(c2nc(Cc3ccc(Cl)cc3)ns2)CC1.Cc1ccc(Cc2nsc(N3CCN(S(=O)(=O)CC=Cc4ccccc4)CC3)n2)cc1. The van der Waals surface area contributed by atoms with Crippen molar-refractivity contribution in [2.45, 2.75) is 39.5 Å². The molecule has 0 N–H and O–H groups in total. The highest BCUT2D eigenvalue weighted by Gasteiger charge is 2.29. The summed E-state index contributed by atoms with van der Waals surface area (Å²) in [6.45, 7) is 8.59. The van der Waals surface area contributed by atoms with E-state index < -0.39 is 20.0 Å². The van der Waals surface area contributed by atoms with Gasteiger partial charge in [-0.25, -0.2) is 26.8 Å². The molecule has 12 nitrogen and oxygen atoms in total. The molecule has 0 bridgehead atoms. The van der Waals surface area contributed by atoms with Crippen LogP contribution in [-0.2, 0) is 32.9 Å². The van der Waals surface area contributed by atoms with Crippen LogP contribution >= 0.6 is 34.7 Å². The molecule has 0 saturated carbocycles. The van der Waals surface area contributed by atoms with Crippen LogP contribution < -0.4 is 9.80 Å². The lowest BCUT2D eigenvalue weighted by molar-refractivity contribution is 0.384. The van der Waals surface area contributed by atoms with Crippen molar-refractivity contribution < 1.29 is 16.8 Å². The molecule has 0 atom stereocenters. The van der Waals surface area contributed by atoms with Crippen molar-refractivity contribution in [3.05, 3.63) is 124 Å². The highest BCUT2D eigenvalue weighted by molar-refractivity contribution is 7.89. The topological polar surface area (TPSA) is 133 Å². The number of rotatable bonds is 14. The molecular formula is C40H49ClN8O4S4. The quantitative estimate of drug-likeness (QED) is 0.120. The van der Waals surface area contributed by atoms with E-state index in [9.17, 15) is 16.8 Å². The molecule has 4 heterocycles. The van der Waals surface area contributed by atoms with Gasteiger partial charge in [0.2, 0.25) is 30.3 Å². The fourth-order valence-electron chi connectivity index (χ4n) is 6.31. The Labute approximate surface area is 350 Å². The lowest BCUT2D eigenvalue weighted by Gasteiger charge is -2.33. The molecule has 57 heavy (non-hydrogen) atoms. The molecule has 17 heteroatoms. The van der Waals surface area contributed by atoms with Crippen LogP contribution in [0.3, 0.4) is 0 Å². The second-order valence-electron chi connectivity index (χ2n) is 14.0. The van der Waals surface area contributed by atoms with E-state index in [2.05, 4.69) is 59.7 Å². The first-order chi connectivity index (χ1) is 27.5. The van der Waals surface area contributed by atoms with Crippen LogP contribution in [0.15, 0.2) is 84.9 Å². The molecular weight excluding hydrogens is 820 g/mol. The van der Waals surface area contributed by atoms with Crippen LogP contribution in [0.5, 0.6) is 0 Å². The largest absolute Gasteiger partial charge is 0.344 e. The smallest absolute Gasteiger partial charge is 0.217 e. The van der Waals surface area contributed by atoms with Crippen molar-refractivity contribution in [3.8, 4) is 0 Å². The van der Waals surface area contributed by atoms with Gasteiger partial charge in [0.1, 0.15) is 11.6 Å². The summed E-state index contributed by atoms with van der Waals surface area (Å²) >= 11 is 8.67. The number of unbranched alkanes of at least 4 members (excludes halogenated alkanes) is 1. The summed E-state index contributed by atoms with van der Waals surface area (Å²) < 4.78 is 62.1. The molecule has 0 spiro atoms. The van der Waals surface area contributed by atoms with Crippen molar-refractivity contribution in [2.75, 3.05) is 73.7 Å². The van der Waals surface area contributed by atoms with Gasteiger partial charge in [-0.1, -0.05) is 109 Å². The number of hydrogen-bond donors (Lipinski definition) is 0. The Morgan fingerprint density at radius 2 is 1.16 bits per heavy atom. The summed E-state index contributed by atoms with van der Waals surface area (Å²) in [7, 11) is -6.44. The maximum absolute atomic E-state index is 12.7. The fraction of sp³-hybridized carbons (Fsp3) is 0.400. The Hall–Kier alpha value is -3.77. The average molecular weight is 870 g/mol. The second-order valence-corrected chi connectivity index (χ2v) is 20.0. The molecule has 3 aromatic carbocycles. The summed E-state index contributed by atoms with van der Waals surface area (Å²) in [6.07, 6.45) is 6.55. The molecule has 0 unspecified atom stereocenters. The van der Waals surface area contributed by atoms with Crippen LogP contribution in [0, 0.1) is 6.92 Å². The minimum atomic E-state index is -3.31. The first-order valence-electron chi connectivity index (χ1n) is 19.1. The molecule has 0 amide bonds. The van der Waals surface area contributed by atoms with Gasteiger partial charge >= 0.3 is 0 Å².